The van der Waals surface area contributed by atoms with Crippen molar-refractivity contribution in [3.8, 4) is 0 Å². The smallest absolute Gasteiger partial charge is 0.282 e. The minimum atomic E-state index is -4.18. The van der Waals surface area contributed by atoms with Gasteiger partial charge in [0.25, 0.3) is 10.1 Å². The van der Waals surface area contributed by atoms with E-state index in [0.717, 1.165) is 49.7 Å². The van der Waals surface area contributed by atoms with Gasteiger partial charge in [0.05, 0.1) is 4.90 Å². The molecule has 0 heterocycles. The minimum Gasteiger partial charge on any atom is -0.282 e. The molecule has 146 valence electrons. The third-order valence-corrected chi connectivity index (χ3v) is 7.04. The topological polar surface area (TPSA) is 54.4 Å². The molecule has 2 aromatic carbocycles. The lowest BCUT2D eigenvalue weighted by Gasteiger charge is -2.25. The highest BCUT2D eigenvalue weighted by molar-refractivity contribution is 7.85. The molecule has 0 spiro atoms. The summed E-state index contributed by atoms with van der Waals surface area (Å²) in [4.78, 5) is -0.0186. The predicted molar refractivity (Wildman–Crippen MR) is 112 cm³/mol. The Balaban J connectivity index is 1.68. The number of hydrogen-bond acceptors (Lipinski definition) is 2. The van der Waals surface area contributed by atoms with Crippen LogP contribution in [0.15, 0.2) is 70.7 Å². The summed E-state index contributed by atoms with van der Waals surface area (Å²) >= 11 is 0. The van der Waals surface area contributed by atoms with Crippen molar-refractivity contribution in [2.45, 2.75) is 56.3 Å². The monoisotopic (exact) mass is 394 g/mol. The molecule has 0 aromatic heterocycles. The van der Waals surface area contributed by atoms with Gasteiger partial charge in [-0.1, -0.05) is 53.6 Å². The van der Waals surface area contributed by atoms with Crippen molar-refractivity contribution in [1.29, 1.82) is 0 Å². The lowest BCUT2D eigenvalue weighted by Crippen LogP contribution is -2.09. The lowest BCUT2D eigenvalue weighted by atomic mass is 9.80. The van der Waals surface area contributed by atoms with Crippen LogP contribution in [0.5, 0.6) is 0 Å². The Labute approximate surface area is 167 Å². The molecule has 2 aliphatic carbocycles. The van der Waals surface area contributed by atoms with Gasteiger partial charge in [-0.05, 0) is 79.8 Å². The second-order valence-electron chi connectivity index (χ2n) is 7.86. The molecule has 0 amide bonds. The van der Waals surface area contributed by atoms with E-state index in [1.54, 1.807) is 23.3 Å². The molecule has 0 saturated carbocycles. The Hall–Kier alpha value is -2.17. The molecule has 4 heteroatoms. The second kappa shape index (κ2) is 7.69. The van der Waals surface area contributed by atoms with Crippen LogP contribution >= 0.6 is 0 Å². The van der Waals surface area contributed by atoms with Crippen LogP contribution in [0.1, 0.15) is 53.9 Å². The van der Waals surface area contributed by atoms with Gasteiger partial charge in [-0.15, -0.1) is 0 Å². The van der Waals surface area contributed by atoms with Gasteiger partial charge in [-0.3, -0.25) is 4.55 Å². The van der Waals surface area contributed by atoms with E-state index >= 15 is 0 Å². The van der Waals surface area contributed by atoms with E-state index in [0.29, 0.717) is 5.92 Å². The lowest BCUT2D eigenvalue weighted by molar-refractivity contribution is 0.483. The van der Waals surface area contributed by atoms with Crippen molar-refractivity contribution < 1.29 is 13.0 Å². The Morgan fingerprint density at radius 2 is 1.82 bits per heavy atom. The predicted octanol–water partition coefficient (Wildman–Crippen LogP) is 5.55. The number of hydrogen-bond donors (Lipinski definition) is 1. The molecule has 0 saturated heterocycles. The molecule has 2 aliphatic rings. The Morgan fingerprint density at radius 1 is 1.04 bits per heavy atom. The van der Waals surface area contributed by atoms with Gasteiger partial charge in [0, 0.05) is 5.92 Å². The fourth-order valence-corrected chi connectivity index (χ4v) is 5.18. The third-order valence-electron chi connectivity index (χ3n) is 6.19. The van der Waals surface area contributed by atoms with Crippen molar-refractivity contribution in [1.82, 2.24) is 0 Å². The van der Waals surface area contributed by atoms with Crippen LogP contribution in [0.3, 0.4) is 0 Å². The summed E-state index contributed by atoms with van der Waals surface area (Å²) in [5.74, 6) is 0.368. The molecule has 0 bridgehead atoms. The molecule has 4 rings (SSSR count). The fraction of sp³-hybridized carbons (Fsp3) is 0.333. The van der Waals surface area contributed by atoms with Crippen LogP contribution in [-0.4, -0.2) is 13.0 Å². The van der Waals surface area contributed by atoms with E-state index in [9.17, 15) is 13.0 Å². The van der Waals surface area contributed by atoms with Gasteiger partial charge in [0.15, 0.2) is 0 Å². The van der Waals surface area contributed by atoms with E-state index in [-0.39, 0.29) is 4.90 Å². The van der Waals surface area contributed by atoms with Gasteiger partial charge in [0.1, 0.15) is 0 Å². The standard InChI is InChI=1S/C24H26O3S/c1-17-10-14-21(28(25,26)27)16-20(17)13-15-24-22-8-4-2-6-18(22)11-12-19-7-3-5-9-23(19)24/h2-6,8,10,14,16,24H,7,9,11-13,15H2,1H3,(H,25,26,27). The first kappa shape index (κ1) is 19.2. The van der Waals surface area contributed by atoms with Gasteiger partial charge in [-0.2, -0.15) is 8.42 Å². The fourth-order valence-electron chi connectivity index (χ4n) is 4.64. The van der Waals surface area contributed by atoms with Crippen LogP contribution in [0.25, 0.3) is 0 Å². The maximum Gasteiger partial charge on any atom is 0.294 e. The molecular weight excluding hydrogens is 368 g/mol. The van der Waals surface area contributed by atoms with Crippen molar-refractivity contribution in [3.63, 3.8) is 0 Å². The highest BCUT2D eigenvalue weighted by Gasteiger charge is 2.26. The molecule has 1 atom stereocenters. The Kier molecular flexibility index (Phi) is 5.26. The first-order valence-electron chi connectivity index (χ1n) is 9.94. The summed E-state index contributed by atoms with van der Waals surface area (Å²) in [5.41, 5.74) is 8.04. The van der Waals surface area contributed by atoms with Crippen LogP contribution in [0, 0.1) is 6.92 Å². The summed E-state index contributed by atoms with van der Waals surface area (Å²) in [6.45, 7) is 2.00. The number of rotatable bonds is 4. The molecule has 28 heavy (non-hydrogen) atoms. The Morgan fingerprint density at radius 3 is 2.64 bits per heavy atom. The highest BCUT2D eigenvalue weighted by atomic mass is 32.2. The van der Waals surface area contributed by atoms with Crippen molar-refractivity contribution in [2.75, 3.05) is 0 Å². The van der Waals surface area contributed by atoms with Gasteiger partial charge in [-0.25, -0.2) is 0 Å². The van der Waals surface area contributed by atoms with Crippen molar-refractivity contribution in [2.24, 2.45) is 0 Å². The summed E-state index contributed by atoms with van der Waals surface area (Å²) in [6, 6.07) is 13.6. The van der Waals surface area contributed by atoms with E-state index in [1.165, 1.54) is 17.2 Å². The first-order chi connectivity index (χ1) is 13.4. The largest absolute Gasteiger partial charge is 0.294 e. The van der Waals surface area contributed by atoms with Crippen LogP contribution in [0.2, 0.25) is 0 Å². The summed E-state index contributed by atoms with van der Waals surface area (Å²) < 4.78 is 32.5. The molecule has 3 nitrogen and oxygen atoms in total. The van der Waals surface area contributed by atoms with Crippen LogP contribution in [-0.2, 0) is 23.0 Å². The summed E-state index contributed by atoms with van der Waals surface area (Å²) in [6.07, 6.45) is 10.6. The minimum absolute atomic E-state index is 0.0186. The molecule has 1 unspecified atom stereocenters. The Bertz CT molecular complexity index is 1060. The van der Waals surface area contributed by atoms with Gasteiger partial charge >= 0.3 is 0 Å². The van der Waals surface area contributed by atoms with E-state index in [4.69, 9.17) is 0 Å². The number of aryl methyl sites for hydroxylation is 3. The maximum absolute atomic E-state index is 11.5. The van der Waals surface area contributed by atoms with E-state index in [2.05, 4.69) is 36.4 Å². The zero-order chi connectivity index (χ0) is 19.7. The molecule has 0 aliphatic heterocycles. The average molecular weight is 395 g/mol. The number of fused-ring (bicyclic) bond motifs is 1. The number of benzene rings is 2. The molecule has 0 radical (unpaired) electrons. The maximum atomic E-state index is 11.5. The van der Waals surface area contributed by atoms with Crippen LogP contribution < -0.4 is 0 Å². The summed E-state index contributed by atoms with van der Waals surface area (Å²) in [7, 11) is -4.18. The SMILES string of the molecule is Cc1ccc(S(=O)(=O)O)cc1CCC1C2=C(CC=CC2)CCc2ccccc21. The zero-order valence-corrected chi connectivity index (χ0v) is 17.0. The van der Waals surface area contributed by atoms with E-state index < -0.39 is 10.1 Å². The number of allylic oxidation sites excluding steroid dienone is 4. The molecular formula is C24H26O3S. The van der Waals surface area contributed by atoms with Gasteiger partial charge < -0.3 is 0 Å². The van der Waals surface area contributed by atoms with E-state index in [1.807, 2.05) is 6.92 Å². The zero-order valence-electron chi connectivity index (χ0n) is 16.2. The first-order valence-corrected chi connectivity index (χ1v) is 11.4. The van der Waals surface area contributed by atoms with Gasteiger partial charge in [0.2, 0.25) is 0 Å². The molecule has 1 N–H and O–H groups in total. The molecule has 0 fully saturated rings. The quantitative estimate of drug-likeness (QED) is 0.546. The molecule has 2 aromatic rings. The van der Waals surface area contributed by atoms with Crippen molar-refractivity contribution in [3.05, 3.63) is 88.0 Å². The highest BCUT2D eigenvalue weighted by Crippen LogP contribution is 2.42. The van der Waals surface area contributed by atoms with Crippen LogP contribution in [0.4, 0.5) is 0 Å². The second-order valence-corrected chi connectivity index (χ2v) is 9.28. The summed E-state index contributed by atoms with van der Waals surface area (Å²) in [5, 5.41) is 0. The third kappa shape index (κ3) is 3.85. The normalized spacial score (nSPS) is 19.1. The van der Waals surface area contributed by atoms with Crippen molar-refractivity contribution >= 4 is 10.1 Å². The average Bonchev–Trinajstić information content (AvgIpc) is 2.83.